The molecule has 3 N–H and O–H groups in total. The predicted octanol–water partition coefficient (Wildman–Crippen LogP) is 2.67. The Morgan fingerprint density at radius 1 is 1.29 bits per heavy atom. The topological polar surface area (TPSA) is 58.4 Å². The van der Waals surface area contributed by atoms with Gasteiger partial charge in [-0.15, -0.1) is 0 Å². The number of alkyl halides is 1. The van der Waals surface area contributed by atoms with Crippen molar-refractivity contribution in [1.29, 1.82) is 0 Å². The van der Waals surface area contributed by atoms with Gasteiger partial charge in [-0.1, -0.05) is 0 Å². The summed E-state index contributed by atoms with van der Waals surface area (Å²) >= 11 is 0. The lowest BCUT2D eigenvalue weighted by molar-refractivity contribution is 0.102. The average Bonchev–Trinajstić information content (AvgIpc) is 2.49. The highest BCUT2D eigenvalue weighted by Crippen LogP contribution is 2.34. The van der Waals surface area contributed by atoms with Crippen molar-refractivity contribution in [2.75, 3.05) is 20.1 Å². The van der Waals surface area contributed by atoms with E-state index < -0.39 is 6.17 Å². The van der Waals surface area contributed by atoms with E-state index in [1.807, 2.05) is 11.9 Å². The van der Waals surface area contributed by atoms with Gasteiger partial charge >= 0.3 is 6.03 Å². The highest BCUT2D eigenvalue weighted by atomic mass is 19.1. The predicted molar refractivity (Wildman–Crippen MR) is 82.8 cm³/mol. The summed E-state index contributed by atoms with van der Waals surface area (Å²) < 4.78 is 13.3. The number of hydrogen-bond acceptors (Lipinski definition) is 2. The molecule has 0 aromatic heterocycles. The van der Waals surface area contributed by atoms with Crippen molar-refractivity contribution in [1.82, 2.24) is 10.2 Å². The molecule has 0 aromatic carbocycles. The average molecular weight is 299 g/mol. The molecule has 2 fully saturated rings. The number of primary amides is 1. The van der Waals surface area contributed by atoms with Crippen LogP contribution in [0.5, 0.6) is 0 Å². The Bertz CT molecular complexity index is 331. The van der Waals surface area contributed by atoms with Gasteiger partial charge in [0.25, 0.3) is 0 Å². The van der Waals surface area contributed by atoms with E-state index in [9.17, 15) is 9.18 Å². The minimum Gasteiger partial charge on any atom is -0.351 e. The van der Waals surface area contributed by atoms with Gasteiger partial charge < -0.3 is 16.0 Å². The Morgan fingerprint density at radius 2 is 2.00 bits per heavy atom. The minimum absolute atomic E-state index is 0.256. The maximum absolute atomic E-state index is 13.3. The zero-order chi connectivity index (χ0) is 15.2. The molecule has 0 bridgehead atoms. The van der Waals surface area contributed by atoms with Crippen LogP contribution < -0.4 is 11.1 Å². The van der Waals surface area contributed by atoms with E-state index in [0.717, 1.165) is 45.2 Å². The van der Waals surface area contributed by atoms with E-state index in [1.165, 1.54) is 6.42 Å². The SMILES string of the molecule is CNC[C@H](C[C@H]1CC[C@H](F)CC1)C1CCCCN1C(N)=O. The largest absolute Gasteiger partial charge is 0.351 e. The van der Waals surface area contributed by atoms with Crippen LogP contribution in [0.4, 0.5) is 9.18 Å². The van der Waals surface area contributed by atoms with Crippen LogP contribution >= 0.6 is 0 Å². The van der Waals surface area contributed by atoms with Crippen molar-refractivity contribution in [3.63, 3.8) is 0 Å². The van der Waals surface area contributed by atoms with Gasteiger partial charge in [0, 0.05) is 12.6 Å². The van der Waals surface area contributed by atoms with E-state index in [-0.39, 0.29) is 12.1 Å². The van der Waals surface area contributed by atoms with Crippen molar-refractivity contribution in [3.05, 3.63) is 0 Å². The molecule has 1 aliphatic carbocycles. The van der Waals surface area contributed by atoms with E-state index in [1.54, 1.807) is 0 Å². The Labute approximate surface area is 127 Å². The monoisotopic (exact) mass is 299 g/mol. The van der Waals surface area contributed by atoms with E-state index >= 15 is 0 Å². The van der Waals surface area contributed by atoms with Crippen molar-refractivity contribution < 1.29 is 9.18 Å². The molecule has 2 amide bonds. The molecule has 1 saturated carbocycles. The summed E-state index contributed by atoms with van der Waals surface area (Å²) in [5.74, 6) is 1.04. The van der Waals surface area contributed by atoms with Gasteiger partial charge in [0.1, 0.15) is 6.17 Å². The molecule has 2 atom stereocenters. The van der Waals surface area contributed by atoms with Gasteiger partial charge in [-0.25, -0.2) is 9.18 Å². The number of nitrogens with one attached hydrogen (secondary N) is 1. The van der Waals surface area contributed by atoms with Gasteiger partial charge in [0.05, 0.1) is 0 Å². The van der Waals surface area contributed by atoms with Crippen LogP contribution in [-0.4, -0.2) is 43.3 Å². The normalized spacial score (nSPS) is 31.9. The second kappa shape index (κ2) is 7.97. The molecule has 1 saturated heterocycles. The summed E-state index contributed by atoms with van der Waals surface area (Å²) in [6, 6.07) is -0.0277. The summed E-state index contributed by atoms with van der Waals surface area (Å²) in [4.78, 5) is 13.6. The number of carbonyl (C=O) groups excluding carboxylic acids is 1. The first kappa shape index (κ1) is 16.5. The van der Waals surface area contributed by atoms with Crippen molar-refractivity contribution in [2.45, 2.75) is 63.6 Å². The molecule has 122 valence electrons. The smallest absolute Gasteiger partial charge is 0.315 e. The number of amides is 2. The highest BCUT2D eigenvalue weighted by Gasteiger charge is 2.33. The van der Waals surface area contributed by atoms with Crippen LogP contribution in [0.15, 0.2) is 0 Å². The third kappa shape index (κ3) is 4.56. The summed E-state index contributed by atoms with van der Waals surface area (Å²) in [7, 11) is 1.96. The summed E-state index contributed by atoms with van der Waals surface area (Å²) in [6.45, 7) is 1.70. The molecule has 1 heterocycles. The first-order valence-electron chi connectivity index (χ1n) is 8.46. The van der Waals surface area contributed by atoms with Gasteiger partial charge in [-0.3, -0.25) is 0 Å². The quantitative estimate of drug-likeness (QED) is 0.820. The molecule has 1 unspecified atom stereocenters. The van der Waals surface area contributed by atoms with Crippen LogP contribution in [0.2, 0.25) is 0 Å². The second-order valence-corrected chi connectivity index (χ2v) is 6.77. The van der Waals surface area contributed by atoms with E-state index in [0.29, 0.717) is 24.7 Å². The number of nitrogens with zero attached hydrogens (tertiary/aromatic N) is 1. The number of carbonyl (C=O) groups is 1. The Morgan fingerprint density at radius 3 is 2.62 bits per heavy atom. The number of rotatable bonds is 5. The summed E-state index contributed by atoms with van der Waals surface area (Å²) in [6.07, 6.45) is 7.17. The van der Waals surface area contributed by atoms with Gasteiger partial charge in [0.2, 0.25) is 0 Å². The standard InChI is InChI=1S/C16H30FN3O/c1-19-11-13(10-12-5-7-14(17)8-6-12)15-4-2-3-9-20(15)16(18)21/h12-15,19H,2-11H2,1H3,(H2,18,21)/t12-,13-,14-,15?/m0/s1. The molecule has 5 heteroatoms. The number of halogens is 1. The molecule has 0 radical (unpaired) electrons. The van der Waals surface area contributed by atoms with Crippen LogP contribution in [-0.2, 0) is 0 Å². The van der Waals surface area contributed by atoms with Gasteiger partial charge in [-0.05, 0) is 76.8 Å². The molecule has 4 nitrogen and oxygen atoms in total. The lowest BCUT2D eigenvalue weighted by atomic mass is 9.78. The van der Waals surface area contributed by atoms with Crippen LogP contribution in [0, 0.1) is 11.8 Å². The van der Waals surface area contributed by atoms with Crippen molar-refractivity contribution >= 4 is 6.03 Å². The molecule has 2 rings (SSSR count). The Balaban J connectivity index is 1.97. The number of nitrogens with two attached hydrogens (primary N) is 1. The first-order valence-corrected chi connectivity index (χ1v) is 8.46. The zero-order valence-electron chi connectivity index (χ0n) is 13.2. The number of urea groups is 1. The van der Waals surface area contributed by atoms with Crippen LogP contribution in [0.3, 0.4) is 0 Å². The number of hydrogen-bond donors (Lipinski definition) is 2. The highest BCUT2D eigenvalue weighted by molar-refractivity contribution is 5.72. The maximum atomic E-state index is 13.3. The van der Waals surface area contributed by atoms with Crippen molar-refractivity contribution in [3.8, 4) is 0 Å². The molecular weight excluding hydrogens is 269 g/mol. The first-order chi connectivity index (χ1) is 10.1. The fraction of sp³-hybridized carbons (Fsp3) is 0.938. The fourth-order valence-electron chi connectivity index (χ4n) is 4.15. The molecule has 21 heavy (non-hydrogen) atoms. The Kier molecular flexibility index (Phi) is 6.27. The minimum atomic E-state index is -0.596. The third-order valence-electron chi connectivity index (χ3n) is 5.26. The second-order valence-electron chi connectivity index (χ2n) is 6.77. The number of likely N-dealkylation sites (tertiary alicyclic amines) is 1. The van der Waals surface area contributed by atoms with E-state index in [4.69, 9.17) is 5.73 Å². The van der Waals surface area contributed by atoms with Gasteiger partial charge in [-0.2, -0.15) is 0 Å². The molecular formula is C16H30FN3O. The molecule has 0 spiro atoms. The fourth-order valence-corrected chi connectivity index (χ4v) is 4.15. The van der Waals surface area contributed by atoms with Crippen LogP contribution in [0.25, 0.3) is 0 Å². The molecule has 0 aromatic rings. The molecule has 1 aliphatic heterocycles. The summed E-state index contributed by atoms with van der Waals surface area (Å²) in [5, 5.41) is 3.27. The van der Waals surface area contributed by atoms with Gasteiger partial charge in [0.15, 0.2) is 0 Å². The lowest BCUT2D eigenvalue weighted by Gasteiger charge is -2.41. The zero-order valence-corrected chi connectivity index (χ0v) is 13.2. The van der Waals surface area contributed by atoms with Crippen LogP contribution in [0.1, 0.15) is 51.4 Å². The third-order valence-corrected chi connectivity index (χ3v) is 5.26. The maximum Gasteiger partial charge on any atom is 0.315 e. The lowest BCUT2D eigenvalue weighted by Crippen LogP contribution is -2.52. The molecule has 2 aliphatic rings. The van der Waals surface area contributed by atoms with Crippen molar-refractivity contribution in [2.24, 2.45) is 17.6 Å². The Hall–Kier alpha value is -0.840. The number of piperidine rings is 1. The van der Waals surface area contributed by atoms with E-state index in [2.05, 4.69) is 5.32 Å². The summed E-state index contributed by atoms with van der Waals surface area (Å²) in [5.41, 5.74) is 5.56.